The molecule has 0 unspecified atom stereocenters. The summed E-state index contributed by atoms with van der Waals surface area (Å²) in [6.07, 6.45) is 0.845. The summed E-state index contributed by atoms with van der Waals surface area (Å²) in [4.78, 5) is 25.1. The maximum atomic E-state index is 12.8. The van der Waals surface area contributed by atoms with Crippen LogP contribution in [0.5, 0.6) is 5.75 Å². The van der Waals surface area contributed by atoms with Crippen molar-refractivity contribution in [1.29, 1.82) is 0 Å². The molecule has 2 atom stereocenters. The van der Waals surface area contributed by atoms with Gasteiger partial charge in [0.1, 0.15) is 18.2 Å². The average molecular weight is 424 g/mol. The highest BCUT2D eigenvalue weighted by atomic mass is 32.2. The third-order valence-corrected chi connectivity index (χ3v) is 6.60. The lowest BCUT2D eigenvalue weighted by molar-refractivity contribution is -0.113. The number of anilines is 1. The molecule has 0 saturated carbocycles. The Morgan fingerprint density at radius 1 is 1.13 bits per heavy atom. The van der Waals surface area contributed by atoms with E-state index in [4.69, 9.17) is 4.74 Å². The molecule has 2 aromatic carbocycles. The fourth-order valence-corrected chi connectivity index (χ4v) is 4.63. The topological polar surface area (TPSA) is 76.1 Å². The molecule has 1 amide bonds. The number of hydrogen-bond donors (Lipinski definition) is 2. The van der Waals surface area contributed by atoms with Gasteiger partial charge in [-0.2, -0.15) is 0 Å². The second kappa shape index (κ2) is 8.83. The predicted octanol–water partition coefficient (Wildman–Crippen LogP) is 4.50. The van der Waals surface area contributed by atoms with Gasteiger partial charge in [0.15, 0.2) is 0 Å². The van der Waals surface area contributed by atoms with Crippen molar-refractivity contribution in [2.75, 3.05) is 11.1 Å². The molecule has 4 rings (SSSR count). The molecule has 0 spiro atoms. The molecule has 0 saturated heterocycles. The van der Waals surface area contributed by atoms with Crippen molar-refractivity contribution in [2.24, 2.45) is 0 Å². The molecule has 2 N–H and O–H groups in total. The smallest absolute Gasteiger partial charge is 0.270 e. The highest BCUT2D eigenvalue weighted by Gasteiger charge is 2.31. The van der Waals surface area contributed by atoms with Gasteiger partial charge in [-0.3, -0.25) is 19.4 Å². The van der Waals surface area contributed by atoms with Crippen LogP contribution in [0.1, 0.15) is 48.3 Å². The van der Waals surface area contributed by atoms with Gasteiger partial charge >= 0.3 is 0 Å². The normalized spacial score (nSPS) is 17.0. The molecule has 0 aliphatic carbocycles. The monoisotopic (exact) mass is 423 g/mol. The summed E-state index contributed by atoms with van der Waals surface area (Å²) >= 11 is 1.46. The number of nitrogens with one attached hydrogen (secondary N) is 2. The SMILES string of the molecule is CC[C@@H](C)n1[nH]c(=O)c2c1NC(=O)CS[C@H]2c1ccc(OCc2ccccc2)cc1. The van der Waals surface area contributed by atoms with Gasteiger partial charge in [0.2, 0.25) is 5.91 Å². The average Bonchev–Trinajstić information content (AvgIpc) is 2.98. The maximum Gasteiger partial charge on any atom is 0.270 e. The van der Waals surface area contributed by atoms with Gasteiger partial charge in [0, 0.05) is 6.04 Å². The summed E-state index contributed by atoms with van der Waals surface area (Å²) in [5.41, 5.74) is 2.52. The van der Waals surface area contributed by atoms with Crippen LogP contribution >= 0.6 is 11.8 Å². The summed E-state index contributed by atoms with van der Waals surface area (Å²) in [5, 5.41) is 5.61. The number of rotatable bonds is 6. The number of ether oxygens (including phenoxy) is 1. The standard InChI is InChI=1S/C23H25N3O3S/c1-3-15(2)26-22-20(23(28)25-26)21(30-14-19(27)24-22)17-9-11-18(12-10-17)29-13-16-7-5-4-6-8-16/h4-12,15,21H,3,13-14H2,1-2H3,(H,24,27)(H,25,28)/t15-,21+/m1/s1. The van der Waals surface area contributed by atoms with Gasteiger partial charge in [-0.1, -0.05) is 49.4 Å². The molecule has 0 radical (unpaired) electrons. The Kier molecular flexibility index (Phi) is 5.99. The Labute approximate surface area is 179 Å². The molecular formula is C23H25N3O3S. The Bertz CT molecular complexity index is 1070. The van der Waals surface area contributed by atoms with E-state index in [1.54, 1.807) is 4.68 Å². The summed E-state index contributed by atoms with van der Waals surface area (Å²) < 4.78 is 7.66. The van der Waals surface area contributed by atoms with E-state index in [0.29, 0.717) is 23.7 Å². The first-order valence-electron chi connectivity index (χ1n) is 10.1. The van der Waals surface area contributed by atoms with Gasteiger partial charge in [0.05, 0.1) is 16.6 Å². The third kappa shape index (κ3) is 4.16. The minimum absolute atomic E-state index is 0.0827. The molecule has 6 nitrogen and oxygen atoms in total. The minimum Gasteiger partial charge on any atom is -0.489 e. The second-order valence-electron chi connectivity index (χ2n) is 7.41. The lowest BCUT2D eigenvalue weighted by Gasteiger charge is -2.16. The van der Waals surface area contributed by atoms with Crippen LogP contribution in [0.2, 0.25) is 0 Å². The van der Waals surface area contributed by atoms with Crippen LogP contribution in [-0.2, 0) is 11.4 Å². The van der Waals surface area contributed by atoms with Crippen LogP contribution in [0, 0.1) is 0 Å². The summed E-state index contributed by atoms with van der Waals surface area (Å²) in [6, 6.07) is 17.9. The number of benzene rings is 2. The molecule has 30 heavy (non-hydrogen) atoms. The zero-order valence-electron chi connectivity index (χ0n) is 17.1. The van der Waals surface area contributed by atoms with Crippen molar-refractivity contribution in [3.8, 4) is 5.75 Å². The van der Waals surface area contributed by atoms with Gasteiger partial charge in [-0.25, -0.2) is 0 Å². The van der Waals surface area contributed by atoms with E-state index < -0.39 is 0 Å². The molecule has 1 aromatic heterocycles. The van der Waals surface area contributed by atoms with Crippen LogP contribution in [0.25, 0.3) is 0 Å². The largest absolute Gasteiger partial charge is 0.489 e. The third-order valence-electron chi connectivity index (χ3n) is 5.33. The number of amides is 1. The number of H-pyrrole nitrogens is 1. The van der Waals surface area contributed by atoms with Gasteiger partial charge in [-0.15, -0.1) is 11.8 Å². The minimum atomic E-state index is -0.226. The Hall–Kier alpha value is -2.93. The van der Waals surface area contributed by atoms with Crippen molar-refractivity contribution in [2.45, 2.75) is 38.2 Å². The van der Waals surface area contributed by atoms with E-state index in [1.807, 2.05) is 68.4 Å². The van der Waals surface area contributed by atoms with E-state index in [9.17, 15) is 9.59 Å². The number of aromatic nitrogens is 2. The molecule has 156 valence electrons. The summed E-state index contributed by atoms with van der Waals surface area (Å²) in [5.74, 6) is 1.55. The molecule has 0 bridgehead atoms. The van der Waals surface area contributed by atoms with E-state index in [0.717, 1.165) is 23.3 Å². The predicted molar refractivity (Wildman–Crippen MR) is 120 cm³/mol. The number of carbonyl (C=O) groups excluding carboxylic acids is 1. The van der Waals surface area contributed by atoms with Crippen LogP contribution < -0.4 is 15.6 Å². The molecule has 1 aliphatic heterocycles. The molecule has 2 heterocycles. The first kappa shape index (κ1) is 20.3. The number of fused-ring (bicyclic) bond motifs is 1. The second-order valence-corrected chi connectivity index (χ2v) is 8.51. The molecule has 1 aliphatic rings. The maximum absolute atomic E-state index is 12.8. The Morgan fingerprint density at radius 3 is 2.57 bits per heavy atom. The molecule has 7 heteroatoms. The Morgan fingerprint density at radius 2 is 1.87 bits per heavy atom. The van der Waals surface area contributed by atoms with Crippen LogP contribution in [-0.4, -0.2) is 21.4 Å². The van der Waals surface area contributed by atoms with Gasteiger partial charge < -0.3 is 10.1 Å². The fourth-order valence-electron chi connectivity index (χ4n) is 3.50. The highest BCUT2D eigenvalue weighted by Crippen LogP contribution is 2.40. The number of hydrogen-bond acceptors (Lipinski definition) is 4. The summed E-state index contributed by atoms with van der Waals surface area (Å²) in [7, 11) is 0. The molecule has 3 aromatic rings. The van der Waals surface area contributed by atoms with Crippen molar-refractivity contribution < 1.29 is 9.53 Å². The first-order valence-corrected chi connectivity index (χ1v) is 11.1. The van der Waals surface area contributed by atoms with Crippen LogP contribution in [0.3, 0.4) is 0 Å². The lowest BCUT2D eigenvalue weighted by atomic mass is 10.1. The Balaban J connectivity index is 1.60. The van der Waals surface area contributed by atoms with Crippen molar-refractivity contribution in [3.63, 3.8) is 0 Å². The van der Waals surface area contributed by atoms with Crippen molar-refractivity contribution >= 4 is 23.5 Å². The first-order chi connectivity index (χ1) is 14.6. The molecular weight excluding hydrogens is 398 g/mol. The van der Waals surface area contributed by atoms with E-state index in [2.05, 4.69) is 10.4 Å². The van der Waals surface area contributed by atoms with E-state index in [-0.39, 0.29) is 22.8 Å². The zero-order chi connectivity index (χ0) is 21.1. The highest BCUT2D eigenvalue weighted by molar-refractivity contribution is 8.00. The summed E-state index contributed by atoms with van der Waals surface area (Å²) in [6.45, 7) is 4.57. The van der Waals surface area contributed by atoms with Gasteiger partial charge in [-0.05, 0) is 36.6 Å². The number of carbonyl (C=O) groups is 1. The molecule has 0 fully saturated rings. The quantitative estimate of drug-likeness (QED) is 0.612. The van der Waals surface area contributed by atoms with Crippen molar-refractivity contribution in [1.82, 2.24) is 9.78 Å². The fraction of sp³-hybridized carbons (Fsp3) is 0.304. The van der Waals surface area contributed by atoms with Gasteiger partial charge in [0.25, 0.3) is 5.56 Å². The number of aromatic amines is 1. The zero-order valence-corrected chi connectivity index (χ0v) is 17.9. The lowest BCUT2D eigenvalue weighted by Crippen LogP contribution is -2.18. The van der Waals surface area contributed by atoms with Crippen LogP contribution in [0.15, 0.2) is 59.4 Å². The number of thioether (sulfide) groups is 1. The van der Waals surface area contributed by atoms with E-state index >= 15 is 0 Å². The number of nitrogens with zero attached hydrogens (tertiary/aromatic N) is 1. The van der Waals surface area contributed by atoms with E-state index in [1.165, 1.54) is 11.8 Å². The van der Waals surface area contributed by atoms with Crippen LogP contribution in [0.4, 0.5) is 5.82 Å². The van der Waals surface area contributed by atoms with Crippen molar-refractivity contribution in [3.05, 3.63) is 81.6 Å².